The number of nitrogens with one attached hydrogen (secondary N) is 2. The molecule has 5 aromatic rings. The molecule has 2 aliphatic heterocycles. The van der Waals surface area contributed by atoms with Gasteiger partial charge in [-0.1, -0.05) is 36.4 Å². The maximum atomic E-state index is 6.08. The second kappa shape index (κ2) is 11.0. The molecule has 0 saturated carbocycles. The summed E-state index contributed by atoms with van der Waals surface area (Å²) in [6, 6.07) is 20.2. The Balaban J connectivity index is 1.14. The number of rotatable bonds is 8. The van der Waals surface area contributed by atoms with Crippen molar-refractivity contribution in [2.45, 2.75) is 12.8 Å². The summed E-state index contributed by atoms with van der Waals surface area (Å²) < 4.78 is 13.7. The molecule has 1 saturated heterocycles. The summed E-state index contributed by atoms with van der Waals surface area (Å²) in [5.41, 5.74) is 4.15. The summed E-state index contributed by atoms with van der Waals surface area (Å²) in [4.78, 5) is 7.24. The Bertz CT molecular complexity index is 1620. The summed E-state index contributed by atoms with van der Waals surface area (Å²) in [5.74, 6) is 2.80. The van der Waals surface area contributed by atoms with Gasteiger partial charge in [0, 0.05) is 11.9 Å². The zero-order chi connectivity index (χ0) is 26.7. The second-order valence-electron chi connectivity index (χ2n) is 10.3. The number of anilines is 2. The predicted molar refractivity (Wildman–Crippen MR) is 155 cm³/mol. The number of benzene rings is 2. The van der Waals surface area contributed by atoms with Crippen LogP contribution in [0.1, 0.15) is 12.8 Å². The van der Waals surface area contributed by atoms with Crippen LogP contribution in [0.25, 0.3) is 28.1 Å². The molecular formula is C30H32N8O2. The Labute approximate surface area is 232 Å². The van der Waals surface area contributed by atoms with Crippen LogP contribution in [0, 0.1) is 5.92 Å². The first-order chi connectivity index (χ1) is 19.8. The minimum absolute atomic E-state index is 0.556. The molecule has 40 heavy (non-hydrogen) atoms. The fourth-order valence-electron chi connectivity index (χ4n) is 5.50. The van der Waals surface area contributed by atoms with E-state index in [4.69, 9.17) is 19.6 Å². The average molecular weight is 537 g/mol. The van der Waals surface area contributed by atoms with Crippen LogP contribution in [-0.2, 0) is 0 Å². The Morgan fingerprint density at radius 1 is 1.00 bits per heavy atom. The monoisotopic (exact) mass is 536 g/mol. The first-order valence-electron chi connectivity index (χ1n) is 14.0. The van der Waals surface area contributed by atoms with Gasteiger partial charge in [0.15, 0.2) is 5.75 Å². The predicted octanol–water partition coefficient (Wildman–Crippen LogP) is 4.03. The smallest absolute Gasteiger partial charge is 0.222 e. The molecular weight excluding hydrogens is 504 g/mol. The van der Waals surface area contributed by atoms with E-state index in [0.29, 0.717) is 48.6 Å². The lowest BCUT2D eigenvalue weighted by molar-refractivity contribution is 0.289. The van der Waals surface area contributed by atoms with Crippen LogP contribution < -0.4 is 25.0 Å². The van der Waals surface area contributed by atoms with E-state index >= 15 is 0 Å². The standard InChI is InChI=1S/C30H32N8O2/c1-2-6-23(7-3-1)39-17-15-37-16-18-40-28-26(37)20-33-38-29(35-36-30(28)38)25-10-9-22-5-4-8-24(27(22)34-25)32-19-21-11-13-31-14-12-21/h1-10,20-21,31-32H,11-19H2. The molecule has 2 N–H and O–H groups in total. The van der Waals surface area contributed by atoms with Gasteiger partial charge in [-0.25, -0.2) is 4.98 Å². The van der Waals surface area contributed by atoms with E-state index in [1.165, 1.54) is 12.8 Å². The number of hydrogen-bond donors (Lipinski definition) is 2. The summed E-state index contributed by atoms with van der Waals surface area (Å²) in [6.45, 7) is 5.70. The Hall–Kier alpha value is -4.44. The van der Waals surface area contributed by atoms with Crippen LogP contribution in [-0.4, -0.2) is 70.7 Å². The van der Waals surface area contributed by atoms with Crippen molar-refractivity contribution in [1.82, 2.24) is 30.1 Å². The topological polar surface area (TPSA) is 102 Å². The van der Waals surface area contributed by atoms with Gasteiger partial charge in [0.25, 0.3) is 0 Å². The largest absolute Gasteiger partial charge is 0.492 e. The van der Waals surface area contributed by atoms with E-state index in [9.17, 15) is 0 Å². The van der Waals surface area contributed by atoms with E-state index in [1.807, 2.05) is 42.6 Å². The highest BCUT2D eigenvalue weighted by Gasteiger charge is 2.25. The SMILES string of the molecule is c1ccc(OCCN2CCOc3c2cnn2c(-c4ccc5cccc(NCC6CCNCC6)c5n4)nnc32)cc1. The minimum atomic E-state index is 0.556. The van der Waals surface area contributed by atoms with Crippen molar-refractivity contribution in [1.29, 1.82) is 0 Å². The normalized spacial score (nSPS) is 15.7. The molecule has 5 heterocycles. The zero-order valence-electron chi connectivity index (χ0n) is 22.3. The number of ether oxygens (including phenoxy) is 2. The van der Waals surface area contributed by atoms with E-state index in [1.54, 1.807) is 4.52 Å². The molecule has 0 radical (unpaired) electrons. The molecule has 3 aromatic heterocycles. The van der Waals surface area contributed by atoms with E-state index in [0.717, 1.165) is 54.2 Å². The molecule has 2 aromatic carbocycles. The highest BCUT2D eigenvalue weighted by molar-refractivity contribution is 5.91. The first kappa shape index (κ1) is 24.6. The number of fused-ring (bicyclic) bond motifs is 4. The summed E-state index contributed by atoms with van der Waals surface area (Å²) >= 11 is 0. The van der Waals surface area contributed by atoms with Gasteiger partial charge in [0.05, 0.1) is 30.5 Å². The molecule has 204 valence electrons. The number of aromatic nitrogens is 5. The quantitative estimate of drug-likeness (QED) is 0.304. The number of para-hydroxylation sites is 2. The van der Waals surface area contributed by atoms with Crippen LogP contribution >= 0.6 is 0 Å². The van der Waals surface area contributed by atoms with Gasteiger partial charge in [-0.05, 0) is 56.1 Å². The van der Waals surface area contributed by atoms with Crippen LogP contribution in [0.3, 0.4) is 0 Å². The van der Waals surface area contributed by atoms with Crippen molar-refractivity contribution in [3.8, 4) is 23.0 Å². The van der Waals surface area contributed by atoms with Gasteiger partial charge in [0.1, 0.15) is 30.3 Å². The summed E-state index contributed by atoms with van der Waals surface area (Å²) in [6.07, 6.45) is 4.21. The molecule has 10 heteroatoms. The van der Waals surface area contributed by atoms with Crippen LogP contribution in [0.2, 0.25) is 0 Å². The maximum absolute atomic E-state index is 6.08. The van der Waals surface area contributed by atoms with Crippen molar-refractivity contribution in [3.63, 3.8) is 0 Å². The molecule has 0 aliphatic carbocycles. The highest BCUT2D eigenvalue weighted by Crippen LogP contribution is 2.35. The highest BCUT2D eigenvalue weighted by atomic mass is 16.5. The van der Waals surface area contributed by atoms with Crippen LogP contribution in [0.5, 0.6) is 11.5 Å². The minimum Gasteiger partial charge on any atom is -0.492 e. The van der Waals surface area contributed by atoms with Crippen molar-refractivity contribution >= 4 is 27.9 Å². The zero-order valence-corrected chi connectivity index (χ0v) is 22.3. The third-order valence-electron chi connectivity index (χ3n) is 7.68. The summed E-state index contributed by atoms with van der Waals surface area (Å²) in [7, 11) is 0. The molecule has 0 bridgehead atoms. The van der Waals surface area contributed by atoms with Crippen LogP contribution in [0.4, 0.5) is 11.4 Å². The molecule has 1 fully saturated rings. The van der Waals surface area contributed by atoms with Crippen molar-refractivity contribution in [2.24, 2.45) is 5.92 Å². The van der Waals surface area contributed by atoms with Gasteiger partial charge in [-0.15, -0.1) is 10.2 Å². The van der Waals surface area contributed by atoms with E-state index in [2.05, 4.69) is 50.0 Å². The van der Waals surface area contributed by atoms with Crippen molar-refractivity contribution < 1.29 is 9.47 Å². The second-order valence-corrected chi connectivity index (χ2v) is 10.3. The molecule has 7 rings (SSSR count). The van der Waals surface area contributed by atoms with Gasteiger partial charge in [0.2, 0.25) is 11.5 Å². The Morgan fingerprint density at radius 2 is 1.90 bits per heavy atom. The third kappa shape index (κ3) is 4.86. The van der Waals surface area contributed by atoms with Gasteiger partial charge < -0.3 is 25.0 Å². The Kier molecular flexibility index (Phi) is 6.75. The fourth-order valence-corrected chi connectivity index (χ4v) is 5.50. The van der Waals surface area contributed by atoms with Crippen molar-refractivity contribution in [2.75, 3.05) is 56.2 Å². The molecule has 0 unspecified atom stereocenters. The van der Waals surface area contributed by atoms with Gasteiger partial charge >= 0.3 is 0 Å². The molecule has 0 atom stereocenters. The average Bonchev–Trinajstić information content (AvgIpc) is 3.46. The first-order valence-corrected chi connectivity index (χ1v) is 14.0. The molecule has 0 spiro atoms. The number of pyridine rings is 1. The molecule has 0 amide bonds. The Morgan fingerprint density at radius 3 is 2.80 bits per heavy atom. The van der Waals surface area contributed by atoms with Crippen LogP contribution in [0.15, 0.2) is 66.9 Å². The molecule has 10 nitrogen and oxygen atoms in total. The fraction of sp³-hybridized carbons (Fsp3) is 0.333. The third-order valence-corrected chi connectivity index (χ3v) is 7.68. The number of nitrogens with zero attached hydrogens (tertiary/aromatic N) is 6. The number of hydrogen-bond acceptors (Lipinski definition) is 9. The van der Waals surface area contributed by atoms with E-state index < -0.39 is 0 Å². The van der Waals surface area contributed by atoms with Gasteiger partial charge in [-0.2, -0.15) is 9.61 Å². The lowest BCUT2D eigenvalue weighted by Crippen LogP contribution is -2.36. The lowest BCUT2D eigenvalue weighted by atomic mass is 9.98. The van der Waals surface area contributed by atoms with Gasteiger partial charge in [-0.3, -0.25) is 0 Å². The van der Waals surface area contributed by atoms with E-state index in [-0.39, 0.29) is 0 Å². The summed E-state index contributed by atoms with van der Waals surface area (Å²) in [5, 5.41) is 21.9. The molecule has 2 aliphatic rings. The lowest BCUT2D eigenvalue weighted by Gasteiger charge is -2.30. The van der Waals surface area contributed by atoms with Crippen molar-refractivity contribution in [3.05, 3.63) is 66.9 Å². The maximum Gasteiger partial charge on any atom is 0.222 e. The number of piperidine rings is 1.